The average Bonchev–Trinajstić information content (AvgIpc) is 3.02. The summed E-state index contributed by atoms with van der Waals surface area (Å²) in [4.78, 5) is 1.04. The van der Waals surface area contributed by atoms with Crippen molar-refractivity contribution in [2.75, 3.05) is 14.2 Å². The Hall–Kier alpha value is -1.58. The van der Waals surface area contributed by atoms with Gasteiger partial charge in [0.2, 0.25) is 0 Å². The zero-order chi connectivity index (χ0) is 18.7. The van der Waals surface area contributed by atoms with Gasteiger partial charge in [0.05, 0.1) is 24.8 Å². The highest BCUT2D eigenvalue weighted by Crippen LogP contribution is 2.45. The summed E-state index contributed by atoms with van der Waals surface area (Å²) >= 11 is 3.74. The van der Waals surface area contributed by atoms with Gasteiger partial charge in [-0.25, -0.2) is 4.21 Å². The predicted molar refractivity (Wildman–Crippen MR) is 111 cm³/mol. The first-order valence-electron chi connectivity index (χ1n) is 7.55. The first-order valence-corrected chi connectivity index (χ1v) is 11.4. The van der Waals surface area contributed by atoms with Crippen molar-refractivity contribution in [2.24, 2.45) is 0 Å². The van der Waals surface area contributed by atoms with Crippen molar-refractivity contribution >= 4 is 44.0 Å². The Morgan fingerprint density at radius 1 is 1.08 bits per heavy atom. The number of methoxy groups -OCH3 is 2. The molecule has 8 heteroatoms. The summed E-state index contributed by atoms with van der Waals surface area (Å²) in [6.45, 7) is 0. The Bertz CT molecular complexity index is 989. The van der Waals surface area contributed by atoms with Crippen LogP contribution in [-0.4, -0.2) is 23.0 Å². The van der Waals surface area contributed by atoms with Crippen LogP contribution in [-0.2, 0) is 16.8 Å². The fourth-order valence-corrected chi connectivity index (χ4v) is 5.96. The Kier molecular flexibility index (Phi) is 6.20. The molecule has 0 bridgehead atoms. The highest BCUT2D eigenvalue weighted by Gasteiger charge is 2.17. The SMILES string of the molecule is COc1ccc(OC)c(-c2c(-c3ccc(CS(=O)O)cc3)ssc2=S)c1. The molecule has 1 aromatic heterocycles. The van der Waals surface area contributed by atoms with Crippen molar-refractivity contribution in [2.45, 2.75) is 5.75 Å². The van der Waals surface area contributed by atoms with Crippen molar-refractivity contribution < 1.29 is 18.2 Å². The highest BCUT2D eigenvalue weighted by molar-refractivity contribution is 7.80. The number of ether oxygens (including phenoxy) is 2. The van der Waals surface area contributed by atoms with Crippen LogP contribution in [0.25, 0.3) is 21.6 Å². The molecule has 1 atom stereocenters. The molecule has 0 aliphatic heterocycles. The maximum atomic E-state index is 11.0. The van der Waals surface area contributed by atoms with Gasteiger partial charge in [0, 0.05) is 11.1 Å². The van der Waals surface area contributed by atoms with Crippen LogP contribution in [0.2, 0.25) is 0 Å². The first kappa shape index (κ1) is 19.2. The molecule has 0 saturated carbocycles. The van der Waals surface area contributed by atoms with Gasteiger partial charge >= 0.3 is 0 Å². The van der Waals surface area contributed by atoms with Gasteiger partial charge in [-0.1, -0.05) is 57.2 Å². The monoisotopic (exact) mass is 424 g/mol. The van der Waals surface area contributed by atoms with E-state index < -0.39 is 11.1 Å². The van der Waals surface area contributed by atoms with E-state index in [9.17, 15) is 4.21 Å². The lowest BCUT2D eigenvalue weighted by Crippen LogP contribution is -1.93. The van der Waals surface area contributed by atoms with Crippen LogP contribution in [0.4, 0.5) is 0 Å². The lowest BCUT2D eigenvalue weighted by Gasteiger charge is -2.11. The molecule has 0 aliphatic rings. The van der Waals surface area contributed by atoms with Gasteiger partial charge in [0.15, 0.2) is 11.1 Å². The summed E-state index contributed by atoms with van der Waals surface area (Å²) in [5, 5.41) is 0. The Labute approximate surface area is 166 Å². The quantitative estimate of drug-likeness (QED) is 0.317. The van der Waals surface area contributed by atoms with Gasteiger partial charge in [-0.15, -0.1) is 0 Å². The molecule has 3 aromatic rings. The van der Waals surface area contributed by atoms with Gasteiger partial charge < -0.3 is 14.0 Å². The molecule has 136 valence electrons. The van der Waals surface area contributed by atoms with Crippen molar-refractivity contribution in [1.29, 1.82) is 0 Å². The Morgan fingerprint density at radius 3 is 2.42 bits per heavy atom. The van der Waals surface area contributed by atoms with Gasteiger partial charge in [0.1, 0.15) is 15.3 Å². The van der Waals surface area contributed by atoms with Crippen LogP contribution < -0.4 is 9.47 Å². The van der Waals surface area contributed by atoms with E-state index in [0.717, 1.165) is 42.5 Å². The molecular weight excluding hydrogens is 408 g/mol. The molecule has 2 aromatic carbocycles. The van der Waals surface area contributed by atoms with E-state index in [0.29, 0.717) is 0 Å². The normalized spacial score (nSPS) is 12.0. The van der Waals surface area contributed by atoms with E-state index in [1.165, 1.54) is 10.3 Å². The summed E-state index contributed by atoms with van der Waals surface area (Å²) in [6, 6.07) is 13.3. The van der Waals surface area contributed by atoms with Crippen molar-refractivity contribution in [3.05, 3.63) is 51.9 Å². The molecule has 0 fully saturated rings. The fraction of sp³-hybridized carbons (Fsp3) is 0.167. The van der Waals surface area contributed by atoms with Gasteiger partial charge in [0.25, 0.3) is 0 Å². The fourth-order valence-electron chi connectivity index (χ4n) is 2.58. The molecule has 0 saturated heterocycles. The van der Waals surface area contributed by atoms with Crippen LogP contribution in [0, 0.1) is 3.82 Å². The molecule has 3 rings (SSSR count). The second-order valence-corrected chi connectivity index (χ2v) is 9.14. The lowest BCUT2D eigenvalue weighted by molar-refractivity contribution is 0.404. The average molecular weight is 425 g/mol. The maximum absolute atomic E-state index is 11.0. The Morgan fingerprint density at radius 2 is 1.81 bits per heavy atom. The zero-order valence-corrected chi connectivity index (χ0v) is 17.3. The third-order valence-corrected chi connectivity index (χ3v) is 7.46. The third kappa shape index (κ3) is 4.05. The Balaban J connectivity index is 2.11. The minimum absolute atomic E-state index is 0.121. The van der Waals surface area contributed by atoms with E-state index in [2.05, 4.69) is 0 Å². The van der Waals surface area contributed by atoms with Crippen molar-refractivity contribution in [3.63, 3.8) is 0 Å². The second kappa shape index (κ2) is 8.41. The molecule has 4 nitrogen and oxygen atoms in total. The maximum Gasteiger partial charge on any atom is 0.157 e. The summed E-state index contributed by atoms with van der Waals surface area (Å²) in [6.07, 6.45) is 0. The molecule has 1 N–H and O–H groups in total. The van der Waals surface area contributed by atoms with Crippen LogP contribution in [0.5, 0.6) is 11.5 Å². The van der Waals surface area contributed by atoms with E-state index in [4.69, 9.17) is 26.2 Å². The molecule has 0 spiro atoms. The number of benzene rings is 2. The van der Waals surface area contributed by atoms with Crippen LogP contribution in [0.15, 0.2) is 42.5 Å². The second-order valence-electron chi connectivity index (χ2n) is 5.39. The molecule has 1 unspecified atom stereocenters. The largest absolute Gasteiger partial charge is 0.497 e. The minimum atomic E-state index is -1.85. The molecule has 26 heavy (non-hydrogen) atoms. The van der Waals surface area contributed by atoms with E-state index in [-0.39, 0.29) is 5.75 Å². The number of rotatable bonds is 6. The highest BCUT2D eigenvalue weighted by atomic mass is 32.9. The van der Waals surface area contributed by atoms with Gasteiger partial charge in [-0.2, -0.15) is 0 Å². The predicted octanol–water partition coefficient (Wildman–Crippen LogP) is 5.61. The first-order chi connectivity index (χ1) is 12.5. The van der Waals surface area contributed by atoms with E-state index in [1.54, 1.807) is 24.6 Å². The molecule has 0 aliphatic carbocycles. The number of hydrogen-bond donors (Lipinski definition) is 1. The summed E-state index contributed by atoms with van der Waals surface area (Å²) in [7, 11) is 6.41. The van der Waals surface area contributed by atoms with Gasteiger partial charge in [-0.05, 0) is 29.3 Å². The molecular formula is C18H16O4S4. The molecule has 0 amide bonds. The third-order valence-electron chi connectivity index (χ3n) is 3.81. The van der Waals surface area contributed by atoms with E-state index >= 15 is 0 Å². The van der Waals surface area contributed by atoms with Crippen molar-refractivity contribution in [1.82, 2.24) is 0 Å². The zero-order valence-electron chi connectivity index (χ0n) is 14.1. The molecule has 0 radical (unpaired) electrons. The van der Waals surface area contributed by atoms with Crippen LogP contribution in [0.1, 0.15) is 5.56 Å². The van der Waals surface area contributed by atoms with Crippen molar-refractivity contribution in [3.8, 4) is 33.1 Å². The standard InChI is InChI=1S/C18H16O4S4/c1-21-13-7-8-15(22-2)14(9-13)16-17(24-25-18(16)23)12-5-3-11(4-6-12)10-26(19)20/h3-9H,10H2,1-2H3,(H,19,20). The van der Waals surface area contributed by atoms with Crippen LogP contribution in [0.3, 0.4) is 0 Å². The van der Waals surface area contributed by atoms with E-state index in [1.807, 2.05) is 42.5 Å². The summed E-state index contributed by atoms with van der Waals surface area (Å²) in [5.74, 6) is 1.59. The van der Waals surface area contributed by atoms with Gasteiger partial charge in [-0.3, -0.25) is 0 Å². The minimum Gasteiger partial charge on any atom is -0.497 e. The topological polar surface area (TPSA) is 55.8 Å². The lowest BCUT2D eigenvalue weighted by atomic mass is 10.0. The number of hydrogen-bond acceptors (Lipinski definition) is 6. The summed E-state index contributed by atoms with van der Waals surface area (Å²) < 4.78 is 31.7. The molecule has 1 heterocycles. The van der Waals surface area contributed by atoms with Crippen LogP contribution >= 0.6 is 32.9 Å². The smallest absolute Gasteiger partial charge is 0.157 e. The summed E-state index contributed by atoms with van der Waals surface area (Å²) in [5.41, 5.74) is 3.66.